The number of pyridine rings is 1. The average Bonchev–Trinajstić information content (AvgIpc) is 2.96. The fraction of sp³-hybridized carbons (Fsp3) is 0.533. The van der Waals surface area contributed by atoms with E-state index < -0.39 is 0 Å². The quantitative estimate of drug-likeness (QED) is 0.844. The molecule has 112 valence electrons. The normalized spacial score (nSPS) is 14.3. The van der Waals surface area contributed by atoms with Gasteiger partial charge in [-0.1, -0.05) is 13.0 Å². The van der Waals surface area contributed by atoms with Gasteiger partial charge in [0.15, 0.2) is 5.82 Å². The van der Waals surface area contributed by atoms with Crippen LogP contribution in [0.1, 0.15) is 30.4 Å². The summed E-state index contributed by atoms with van der Waals surface area (Å²) in [5, 5.41) is 11.5. The van der Waals surface area contributed by atoms with Gasteiger partial charge in [0, 0.05) is 25.3 Å². The summed E-state index contributed by atoms with van der Waals surface area (Å²) in [6.07, 6.45) is 2.95. The number of nitrogens with one attached hydrogen (secondary N) is 1. The topological polar surface area (TPSA) is 58.9 Å². The standard InChI is InChI=1S/C15H22N6/c1-3-6-16-9-13-4-5-14(18-12(13)2)20-7-8-21-11-17-19-15(21)10-20/h4-5,11,16H,3,6-10H2,1-2H3. The highest BCUT2D eigenvalue weighted by atomic mass is 15.3. The third kappa shape index (κ3) is 3.05. The summed E-state index contributed by atoms with van der Waals surface area (Å²) in [6.45, 7) is 8.84. The Morgan fingerprint density at radius 1 is 1.29 bits per heavy atom. The molecule has 1 aliphatic rings. The minimum atomic E-state index is 0.778. The van der Waals surface area contributed by atoms with Crippen LogP contribution in [0, 0.1) is 6.92 Å². The molecule has 0 bridgehead atoms. The van der Waals surface area contributed by atoms with Crippen LogP contribution in [0.25, 0.3) is 0 Å². The molecule has 6 heteroatoms. The highest BCUT2D eigenvalue weighted by Crippen LogP contribution is 2.19. The van der Waals surface area contributed by atoms with Crippen LogP contribution in [0.5, 0.6) is 0 Å². The van der Waals surface area contributed by atoms with Gasteiger partial charge in [0.1, 0.15) is 12.1 Å². The van der Waals surface area contributed by atoms with Crippen molar-refractivity contribution in [3.63, 3.8) is 0 Å². The van der Waals surface area contributed by atoms with Crippen molar-refractivity contribution in [3.8, 4) is 0 Å². The molecule has 0 aromatic carbocycles. The van der Waals surface area contributed by atoms with Crippen molar-refractivity contribution in [2.45, 2.75) is 39.9 Å². The minimum Gasteiger partial charge on any atom is -0.347 e. The van der Waals surface area contributed by atoms with Crippen molar-refractivity contribution in [2.24, 2.45) is 0 Å². The zero-order valence-electron chi connectivity index (χ0n) is 12.7. The van der Waals surface area contributed by atoms with Crippen LogP contribution in [-0.2, 0) is 19.6 Å². The van der Waals surface area contributed by atoms with E-state index in [9.17, 15) is 0 Å². The average molecular weight is 286 g/mol. The molecule has 0 atom stereocenters. The van der Waals surface area contributed by atoms with E-state index in [0.717, 1.165) is 56.5 Å². The maximum atomic E-state index is 4.76. The Kier molecular flexibility index (Phi) is 4.15. The van der Waals surface area contributed by atoms with Crippen molar-refractivity contribution in [1.29, 1.82) is 0 Å². The SMILES string of the molecule is CCCNCc1ccc(N2CCn3cnnc3C2)nc1C. The van der Waals surface area contributed by atoms with Crippen LogP contribution in [0.4, 0.5) is 5.82 Å². The summed E-state index contributed by atoms with van der Waals surface area (Å²) < 4.78 is 2.10. The van der Waals surface area contributed by atoms with Gasteiger partial charge in [-0.3, -0.25) is 0 Å². The molecule has 0 radical (unpaired) electrons. The largest absolute Gasteiger partial charge is 0.347 e. The Hall–Kier alpha value is -1.95. The lowest BCUT2D eigenvalue weighted by Crippen LogP contribution is -2.34. The number of rotatable bonds is 5. The van der Waals surface area contributed by atoms with E-state index in [-0.39, 0.29) is 0 Å². The molecule has 0 saturated carbocycles. The lowest BCUT2D eigenvalue weighted by Gasteiger charge is -2.28. The molecule has 0 saturated heterocycles. The van der Waals surface area contributed by atoms with Gasteiger partial charge in [-0.2, -0.15) is 0 Å². The van der Waals surface area contributed by atoms with Crippen molar-refractivity contribution >= 4 is 5.82 Å². The first-order valence-electron chi connectivity index (χ1n) is 7.57. The first-order valence-corrected chi connectivity index (χ1v) is 7.57. The second-order valence-corrected chi connectivity index (χ2v) is 5.45. The molecule has 0 aliphatic carbocycles. The molecule has 1 aliphatic heterocycles. The van der Waals surface area contributed by atoms with Crippen LogP contribution in [0.2, 0.25) is 0 Å². The zero-order chi connectivity index (χ0) is 14.7. The maximum Gasteiger partial charge on any atom is 0.152 e. The van der Waals surface area contributed by atoms with E-state index >= 15 is 0 Å². The molecule has 2 aromatic heterocycles. The molecule has 2 aromatic rings. The molecular formula is C15H22N6. The van der Waals surface area contributed by atoms with Crippen LogP contribution in [0.15, 0.2) is 18.5 Å². The van der Waals surface area contributed by atoms with Crippen LogP contribution in [0.3, 0.4) is 0 Å². The predicted molar refractivity (Wildman–Crippen MR) is 82.0 cm³/mol. The Labute approximate surface area is 125 Å². The summed E-state index contributed by atoms with van der Waals surface area (Å²) in [5.41, 5.74) is 2.37. The second-order valence-electron chi connectivity index (χ2n) is 5.45. The molecule has 3 heterocycles. The van der Waals surface area contributed by atoms with Crippen LogP contribution < -0.4 is 10.2 Å². The lowest BCUT2D eigenvalue weighted by atomic mass is 10.2. The van der Waals surface area contributed by atoms with E-state index in [1.165, 1.54) is 5.56 Å². The monoisotopic (exact) mass is 286 g/mol. The number of nitrogens with zero attached hydrogens (tertiary/aromatic N) is 5. The number of aryl methyl sites for hydroxylation is 1. The molecule has 0 spiro atoms. The number of hydrogen-bond acceptors (Lipinski definition) is 5. The summed E-state index contributed by atoms with van der Waals surface area (Å²) in [5.74, 6) is 2.04. The smallest absolute Gasteiger partial charge is 0.152 e. The van der Waals surface area contributed by atoms with Crippen LogP contribution >= 0.6 is 0 Å². The van der Waals surface area contributed by atoms with E-state index in [1.54, 1.807) is 6.33 Å². The summed E-state index contributed by atoms with van der Waals surface area (Å²) in [6, 6.07) is 4.29. The van der Waals surface area contributed by atoms with Crippen molar-refractivity contribution in [3.05, 3.63) is 35.5 Å². The van der Waals surface area contributed by atoms with Gasteiger partial charge in [0.05, 0.1) is 6.54 Å². The van der Waals surface area contributed by atoms with E-state index in [1.807, 2.05) is 0 Å². The highest BCUT2D eigenvalue weighted by molar-refractivity contribution is 5.42. The van der Waals surface area contributed by atoms with E-state index in [0.29, 0.717) is 0 Å². The van der Waals surface area contributed by atoms with E-state index in [4.69, 9.17) is 4.98 Å². The summed E-state index contributed by atoms with van der Waals surface area (Å²) in [4.78, 5) is 7.03. The molecule has 0 fully saturated rings. The molecule has 21 heavy (non-hydrogen) atoms. The summed E-state index contributed by atoms with van der Waals surface area (Å²) >= 11 is 0. The summed E-state index contributed by atoms with van der Waals surface area (Å²) in [7, 11) is 0. The van der Waals surface area contributed by atoms with Gasteiger partial charge >= 0.3 is 0 Å². The number of fused-ring (bicyclic) bond motifs is 1. The fourth-order valence-electron chi connectivity index (χ4n) is 2.60. The lowest BCUT2D eigenvalue weighted by molar-refractivity contribution is 0.555. The van der Waals surface area contributed by atoms with Crippen molar-refractivity contribution in [2.75, 3.05) is 18.0 Å². The third-order valence-corrected chi connectivity index (χ3v) is 3.89. The number of anilines is 1. The third-order valence-electron chi connectivity index (χ3n) is 3.89. The van der Waals surface area contributed by atoms with E-state index in [2.05, 4.69) is 51.0 Å². The van der Waals surface area contributed by atoms with Gasteiger partial charge in [-0.05, 0) is 31.5 Å². The van der Waals surface area contributed by atoms with Gasteiger partial charge in [-0.25, -0.2) is 4.98 Å². The van der Waals surface area contributed by atoms with Gasteiger partial charge < -0.3 is 14.8 Å². The Balaban J connectivity index is 1.71. The first-order chi connectivity index (χ1) is 10.3. The molecule has 0 amide bonds. The molecule has 0 unspecified atom stereocenters. The Morgan fingerprint density at radius 3 is 3.00 bits per heavy atom. The van der Waals surface area contributed by atoms with Crippen molar-refractivity contribution < 1.29 is 0 Å². The predicted octanol–water partition coefficient (Wildman–Crippen LogP) is 1.50. The Bertz CT molecular complexity index is 606. The maximum absolute atomic E-state index is 4.76. The molecule has 1 N–H and O–H groups in total. The highest BCUT2D eigenvalue weighted by Gasteiger charge is 2.18. The fourth-order valence-corrected chi connectivity index (χ4v) is 2.60. The van der Waals surface area contributed by atoms with Crippen molar-refractivity contribution in [1.82, 2.24) is 25.1 Å². The zero-order valence-corrected chi connectivity index (χ0v) is 12.7. The first kappa shape index (κ1) is 14.0. The molecular weight excluding hydrogens is 264 g/mol. The molecule has 6 nitrogen and oxygen atoms in total. The Morgan fingerprint density at radius 2 is 2.19 bits per heavy atom. The van der Waals surface area contributed by atoms with Gasteiger partial charge in [-0.15, -0.1) is 10.2 Å². The second kappa shape index (κ2) is 6.22. The van der Waals surface area contributed by atoms with Gasteiger partial charge in [0.2, 0.25) is 0 Å². The molecule has 3 rings (SSSR count). The van der Waals surface area contributed by atoms with Gasteiger partial charge in [0.25, 0.3) is 0 Å². The van der Waals surface area contributed by atoms with Crippen LogP contribution in [-0.4, -0.2) is 32.8 Å². The number of aromatic nitrogens is 4. The number of hydrogen-bond donors (Lipinski definition) is 1. The minimum absolute atomic E-state index is 0.778.